The Bertz CT molecular complexity index is 700. The number of hydrogen-bond acceptors (Lipinski definition) is 5. The number of carbonyl (C=O) groups is 1. The highest BCUT2D eigenvalue weighted by molar-refractivity contribution is 14.0. The molecule has 1 aromatic heterocycles. The second-order valence-corrected chi connectivity index (χ2v) is 8.60. The molecule has 1 N–H and O–H groups in total. The van der Waals surface area contributed by atoms with Crippen LogP contribution in [0.2, 0.25) is 0 Å². The fraction of sp³-hybridized carbons (Fsp3) is 0.727. The number of piperazine rings is 1. The van der Waals surface area contributed by atoms with Crippen molar-refractivity contribution in [3.8, 4) is 0 Å². The Balaban J connectivity index is 0.00000272. The number of nitrogens with one attached hydrogen (secondary N) is 1. The van der Waals surface area contributed by atoms with E-state index >= 15 is 0 Å². The van der Waals surface area contributed by atoms with Gasteiger partial charge in [0.15, 0.2) is 5.96 Å². The van der Waals surface area contributed by atoms with Gasteiger partial charge in [0, 0.05) is 58.2 Å². The average Bonchev–Trinajstić information content (AvgIpc) is 3.53. The number of ether oxygens (including phenoxy) is 1. The maximum Gasteiger partial charge on any atom is 0.240 e. The smallest absolute Gasteiger partial charge is 0.240 e. The van der Waals surface area contributed by atoms with Crippen molar-refractivity contribution in [3.05, 3.63) is 24.2 Å². The van der Waals surface area contributed by atoms with E-state index in [4.69, 9.17) is 14.1 Å². The van der Waals surface area contributed by atoms with E-state index in [0.29, 0.717) is 11.8 Å². The van der Waals surface area contributed by atoms with Gasteiger partial charge >= 0.3 is 0 Å². The van der Waals surface area contributed by atoms with Crippen LogP contribution in [0.1, 0.15) is 25.0 Å². The summed E-state index contributed by atoms with van der Waals surface area (Å²) in [6.07, 6.45) is 5.72. The molecule has 4 heterocycles. The SMILES string of the molecule is CN1CCCC1C(=O)N1CCN(C(=NCC2CCOC2)NCCc2ccco2)CC1.I. The van der Waals surface area contributed by atoms with E-state index in [-0.39, 0.29) is 30.0 Å². The molecule has 8 nitrogen and oxygen atoms in total. The van der Waals surface area contributed by atoms with Crippen LogP contribution in [0.3, 0.4) is 0 Å². The standard InChI is InChI=1S/C22H35N5O3.HI/c1-25-9-2-5-20(25)21(28)26-10-12-27(13-11-26)22(24-16-18-7-15-29-17-18)23-8-6-19-4-3-14-30-19;/h3-4,14,18,20H,2,5-13,15-17H2,1H3,(H,23,24);1H. The molecule has 0 radical (unpaired) electrons. The largest absolute Gasteiger partial charge is 0.469 e. The molecule has 0 aromatic carbocycles. The van der Waals surface area contributed by atoms with Crippen LogP contribution >= 0.6 is 24.0 Å². The Kier molecular flexibility index (Phi) is 9.46. The predicted molar refractivity (Wildman–Crippen MR) is 131 cm³/mol. The monoisotopic (exact) mass is 545 g/mol. The number of aliphatic imine (C=N–C) groups is 1. The molecule has 1 aromatic rings. The van der Waals surface area contributed by atoms with Gasteiger partial charge in [0.05, 0.1) is 18.9 Å². The van der Waals surface area contributed by atoms with Gasteiger partial charge in [-0.15, -0.1) is 24.0 Å². The lowest BCUT2D eigenvalue weighted by Crippen LogP contribution is -2.56. The number of guanidine groups is 1. The summed E-state index contributed by atoms with van der Waals surface area (Å²) in [5.41, 5.74) is 0. The predicted octanol–water partition coefficient (Wildman–Crippen LogP) is 1.66. The van der Waals surface area contributed by atoms with Crippen molar-refractivity contribution in [1.82, 2.24) is 20.0 Å². The number of likely N-dealkylation sites (N-methyl/N-ethyl adjacent to an activating group) is 1. The van der Waals surface area contributed by atoms with Gasteiger partial charge in [0.2, 0.25) is 5.91 Å². The number of nitrogens with zero attached hydrogens (tertiary/aromatic N) is 4. The van der Waals surface area contributed by atoms with Crippen LogP contribution in [0.15, 0.2) is 27.8 Å². The first-order chi connectivity index (χ1) is 14.7. The van der Waals surface area contributed by atoms with Gasteiger partial charge in [-0.2, -0.15) is 0 Å². The number of carbonyl (C=O) groups excluding carboxylic acids is 1. The summed E-state index contributed by atoms with van der Waals surface area (Å²) in [5, 5.41) is 3.52. The minimum atomic E-state index is 0. The second kappa shape index (κ2) is 12.1. The van der Waals surface area contributed by atoms with E-state index < -0.39 is 0 Å². The van der Waals surface area contributed by atoms with Gasteiger partial charge in [0.1, 0.15) is 5.76 Å². The lowest BCUT2D eigenvalue weighted by molar-refractivity contribution is -0.136. The molecule has 174 valence electrons. The number of hydrogen-bond donors (Lipinski definition) is 1. The summed E-state index contributed by atoms with van der Waals surface area (Å²) in [6, 6.07) is 3.99. The highest BCUT2D eigenvalue weighted by Gasteiger charge is 2.33. The summed E-state index contributed by atoms with van der Waals surface area (Å²) < 4.78 is 10.9. The van der Waals surface area contributed by atoms with Crippen molar-refractivity contribution >= 4 is 35.8 Å². The van der Waals surface area contributed by atoms with Gasteiger partial charge in [-0.05, 0) is 45.0 Å². The van der Waals surface area contributed by atoms with E-state index in [0.717, 1.165) is 96.4 Å². The van der Waals surface area contributed by atoms with Crippen molar-refractivity contribution in [3.63, 3.8) is 0 Å². The van der Waals surface area contributed by atoms with Crippen LogP contribution in [0.4, 0.5) is 0 Å². The van der Waals surface area contributed by atoms with Crippen molar-refractivity contribution in [2.75, 3.05) is 66.1 Å². The molecule has 31 heavy (non-hydrogen) atoms. The Morgan fingerprint density at radius 3 is 2.65 bits per heavy atom. The first kappa shape index (κ1) is 24.3. The summed E-state index contributed by atoms with van der Waals surface area (Å²) >= 11 is 0. The fourth-order valence-corrected chi connectivity index (χ4v) is 4.53. The minimum absolute atomic E-state index is 0. The zero-order valence-electron chi connectivity index (χ0n) is 18.5. The molecule has 3 aliphatic heterocycles. The Morgan fingerprint density at radius 2 is 2.00 bits per heavy atom. The molecule has 3 aliphatic rings. The van der Waals surface area contributed by atoms with Gasteiger partial charge in [-0.1, -0.05) is 0 Å². The van der Waals surface area contributed by atoms with Crippen molar-refractivity contribution in [1.29, 1.82) is 0 Å². The topological polar surface area (TPSA) is 73.6 Å². The summed E-state index contributed by atoms with van der Waals surface area (Å²) in [6.45, 7) is 7.39. The quantitative estimate of drug-likeness (QED) is 0.333. The molecule has 2 unspecified atom stereocenters. The minimum Gasteiger partial charge on any atom is -0.469 e. The van der Waals surface area contributed by atoms with Gasteiger partial charge in [-0.25, -0.2) is 0 Å². The van der Waals surface area contributed by atoms with Crippen LogP contribution in [0.25, 0.3) is 0 Å². The molecule has 0 bridgehead atoms. The Labute approximate surface area is 202 Å². The third-order valence-corrected chi connectivity index (χ3v) is 6.45. The first-order valence-electron chi connectivity index (χ1n) is 11.3. The molecule has 4 rings (SSSR count). The molecule has 9 heteroatoms. The van der Waals surface area contributed by atoms with Crippen LogP contribution in [-0.4, -0.2) is 98.7 Å². The van der Waals surface area contributed by atoms with Crippen LogP contribution < -0.4 is 5.32 Å². The number of rotatable bonds is 6. The maximum absolute atomic E-state index is 12.9. The highest BCUT2D eigenvalue weighted by Crippen LogP contribution is 2.18. The molecule has 0 spiro atoms. The molecule has 0 aliphatic carbocycles. The van der Waals surface area contributed by atoms with Crippen LogP contribution in [0.5, 0.6) is 0 Å². The van der Waals surface area contributed by atoms with E-state index in [1.54, 1.807) is 6.26 Å². The molecular weight excluding hydrogens is 509 g/mol. The van der Waals surface area contributed by atoms with Crippen LogP contribution in [0, 0.1) is 5.92 Å². The van der Waals surface area contributed by atoms with E-state index in [1.165, 1.54) is 0 Å². The van der Waals surface area contributed by atoms with Gasteiger partial charge in [-0.3, -0.25) is 14.7 Å². The molecule has 3 fully saturated rings. The van der Waals surface area contributed by atoms with E-state index in [9.17, 15) is 4.79 Å². The lowest BCUT2D eigenvalue weighted by atomic mass is 10.1. The zero-order valence-corrected chi connectivity index (χ0v) is 20.8. The molecular formula is C22H36IN5O3. The third kappa shape index (κ3) is 6.58. The van der Waals surface area contributed by atoms with E-state index in [1.807, 2.05) is 17.0 Å². The summed E-state index contributed by atoms with van der Waals surface area (Å²) in [5.74, 6) is 2.72. The maximum atomic E-state index is 12.9. The normalized spacial score (nSPS) is 25.0. The fourth-order valence-electron chi connectivity index (χ4n) is 4.53. The lowest BCUT2D eigenvalue weighted by Gasteiger charge is -2.38. The highest BCUT2D eigenvalue weighted by atomic mass is 127. The van der Waals surface area contributed by atoms with Crippen molar-refractivity contribution < 1.29 is 13.9 Å². The third-order valence-electron chi connectivity index (χ3n) is 6.45. The molecule has 0 saturated carbocycles. The van der Waals surface area contributed by atoms with Crippen LogP contribution in [-0.2, 0) is 16.0 Å². The number of likely N-dealkylation sites (tertiary alicyclic amines) is 1. The van der Waals surface area contributed by atoms with Crippen molar-refractivity contribution in [2.45, 2.75) is 31.7 Å². The Morgan fingerprint density at radius 1 is 1.19 bits per heavy atom. The first-order valence-corrected chi connectivity index (χ1v) is 11.3. The number of halogens is 1. The molecule has 2 atom stereocenters. The zero-order chi connectivity index (χ0) is 20.8. The number of amides is 1. The van der Waals surface area contributed by atoms with Crippen molar-refractivity contribution in [2.24, 2.45) is 10.9 Å². The summed E-state index contributed by atoms with van der Waals surface area (Å²) in [7, 11) is 2.06. The molecule has 1 amide bonds. The van der Waals surface area contributed by atoms with E-state index in [2.05, 4.69) is 22.2 Å². The van der Waals surface area contributed by atoms with Gasteiger partial charge in [0.25, 0.3) is 0 Å². The Hall–Kier alpha value is -1.33. The molecule has 3 saturated heterocycles. The second-order valence-electron chi connectivity index (χ2n) is 8.60. The summed E-state index contributed by atoms with van der Waals surface area (Å²) in [4.78, 5) is 24.3. The number of furan rings is 1. The average molecular weight is 545 g/mol. The van der Waals surface area contributed by atoms with Gasteiger partial charge < -0.3 is 24.3 Å².